The second-order valence-corrected chi connectivity index (χ2v) is 5.86. The Morgan fingerprint density at radius 2 is 1.76 bits per heavy atom. The Morgan fingerprint density at radius 1 is 1.04 bits per heavy atom. The molecule has 0 saturated carbocycles. The SMILES string of the molecule is COC(=O)c1ccc(OC(=O)CCCOc2ccc(Cl)cc2Cl)cc1. The Balaban J connectivity index is 1.74. The van der Waals surface area contributed by atoms with Gasteiger partial charge in [0.15, 0.2) is 0 Å². The lowest BCUT2D eigenvalue weighted by atomic mass is 10.2. The molecule has 0 aromatic heterocycles. The summed E-state index contributed by atoms with van der Waals surface area (Å²) in [6.07, 6.45) is 0.655. The highest BCUT2D eigenvalue weighted by Gasteiger charge is 2.08. The molecule has 0 fully saturated rings. The summed E-state index contributed by atoms with van der Waals surface area (Å²) in [5.41, 5.74) is 0.385. The molecule has 0 aliphatic carbocycles. The second-order valence-electron chi connectivity index (χ2n) is 5.02. The number of hydrogen-bond acceptors (Lipinski definition) is 5. The van der Waals surface area contributed by atoms with Gasteiger partial charge in [-0.05, 0) is 48.9 Å². The Hall–Kier alpha value is -2.24. The molecule has 0 bridgehead atoms. The van der Waals surface area contributed by atoms with Crippen molar-refractivity contribution in [1.29, 1.82) is 0 Å². The van der Waals surface area contributed by atoms with E-state index < -0.39 is 11.9 Å². The third kappa shape index (κ3) is 5.96. The average Bonchev–Trinajstić information content (AvgIpc) is 2.60. The van der Waals surface area contributed by atoms with Crippen LogP contribution in [0.3, 0.4) is 0 Å². The fourth-order valence-corrected chi connectivity index (χ4v) is 2.41. The van der Waals surface area contributed by atoms with Crippen LogP contribution in [0.15, 0.2) is 42.5 Å². The molecule has 5 nitrogen and oxygen atoms in total. The molecular weight excluding hydrogens is 367 g/mol. The quantitative estimate of drug-likeness (QED) is 0.399. The second kappa shape index (κ2) is 9.30. The van der Waals surface area contributed by atoms with Gasteiger partial charge in [0.2, 0.25) is 0 Å². The molecule has 0 unspecified atom stereocenters. The van der Waals surface area contributed by atoms with Crippen LogP contribution in [-0.2, 0) is 9.53 Å². The van der Waals surface area contributed by atoms with Crippen LogP contribution in [-0.4, -0.2) is 25.7 Å². The van der Waals surface area contributed by atoms with E-state index in [0.717, 1.165) is 0 Å². The first-order valence-electron chi connectivity index (χ1n) is 7.46. The van der Waals surface area contributed by atoms with E-state index in [4.69, 9.17) is 32.7 Å². The van der Waals surface area contributed by atoms with Gasteiger partial charge < -0.3 is 14.2 Å². The Labute approximate surface area is 155 Å². The lowest BCUT2D eigenvalue weighted by Gasteiger charge is -2.08. The molecule has 0 spiro atoms. The molecule has 0 heterocycles. The van der Waals surface area contributed by atoms with Crippen LogP contribution in [0, 0.1) is 0 Å². The first-order valence-corrected chi connectivity index (χ1v) is 8.22. The number of esters is 2. The van der Waals surface area contributed by atoms with Crippen molar-refractivity contribution in [3.8, 4) is 11.5 Å². The molecule has 0 atom stereocenters. The van der Waals surface area contributed by atoms with Gasteiger partial charge in [-0.3, -0.25) is 4.79 Å². The number of hydrogen-bond donors (Lipinski definition) is 0. The zero-order valence-electron chi connectivity index (χ0n) is 13.5. The van der Waals surface area contributed by atoms with Crippen molar-refractivity contribution in [3.05, 3.63) is 58.1 Å². The monoisotopic (exact) mass is 382 g/mol. The lowest BCUT2D eigenvalue weighted by Crippen LogP contribution is -2.10. The highest BCUT2D eigenvalue weighted by molar-refractivity contribution is 6.35. The van der Waals surface area contributed by atoms with E-state index in [1.165, 1.54) is 31.4 Å². The number of carbonyl (C=O) groups is 2. The van der Waals surface area contributed by atoms with Gasteiger partial charge in [0.05, 0.1) is 24.3 Å². The van der Waals surface area contributed by atoms with E-state index in [-0.39, 0.29) is 6.42 Å². The average molecular weight is 383 g/mol. The van der Waals surface area contributed by atoms with E-state index in [9.17, 15) is 9.59 Å². The smallest absolute Gasteiger partial charge is 0.337 e. The maximum Gasteiger partial charge on any atom is 0.337 e. The van der Waals surface area contributed by atoms with Crippen molar-refractivity contribution in [2.24, 2.45) is 0 Å². The van der Waals surface area contributed by atoms with Gasteiger partial charge in [0.1, 0.15) is 11.5 Å². The molecule has 2 aromatic rings. The highest BCUT2D eigenvalue weighted by Crippen LogP contribution is 2.27. The molecule has 0 N–H and O–H groups in total. The highest BCUT2D eigenvalue weighted by atomic mass is 35.5. The Kier molecular flexibility index (Phi) is 7.10. The number of benzene rings is 2. The van der Waals surface area contributed by atoms with Crippen molar-refractivity contribution >= 4 is 35.1 Å². The summed E-state index contributed by atoms with van der Waals surface area (Å²) in [7, 11) is 1.30. The summed E-state index contributed by atoms with van der Waals surface area (Å²) in [6, 6.07) is 11.1. The standard InChI is InChI=1S/C18H16Cl2O5/c1-23-18(22)12-4-7-14(8-5-12)25-17(21)3-2-10-24-16-9-6-13(19)11-15(16)20/h4-9,11H,2-3,10H2,1H3. The number of carbonyl (C=O) groups excluding carboxylic acids is 2. The van der Waals surface area contributed by atoms with Crippen LogP contribution in [0.4, 0.5) is 0 Å². The molecule has 25 heavy (non-hydrogen) atoms. The normalized spacial score (nSPS) is 10.2. The van der Waals surface area contributed by atoms with Crippen molar-refractivity contribution in [2.75, 3.05) is 13.7 Å². The maximum atomic E-state index is 11.8. The summed E-state index contributed by atoms with van der Waals surface area (Å²) in [4.78, 5) is 23.1. The fraction of sp³-hybridized carbons (Fsp3) is 0.222. The summed E-state index contributed by atoms with van der Waals surface area (Å²) in [5.74, 6) is 0.0321. The van der Waals surface area contributed by atoms with Gasteiger partial charge in [0, 0.05) is 11.4 Å². The first kappa shape index (κ1) is 19.1. The predicted octanol–water partition coefficient (Wildman–Crippen LogP) is 4.54. The fourth-order valence-electron chi connectivity index (χ4n) is 1.95. The molecule has 0 radical (unpaired) electrons. The maximum absolute atomic E-state index is 11.8. The number of ether oxygens (including phenoxy) is 3. The largest absolute Gasteiger partial charge is 0.492 e. The molecule has 2 rings (SSSR count). The third-order valence-electron chi connectivity index (χ3n) is 3.18. The third-order valence-corrected chi connectivity index (χ3v) is 3.71. The molecular formula is C18H16Cl2O5. The molecule has 0 aliphatic heterocycles. The molecule has 132 valence electrons. The minimum Gasteiger partial charge on any atom is -0.492 e. The van der Waals surface area contributed by atoms with Crippen molar-refractivity contribution in [3.63, 3.8) is 0 Å². The van der Waals surface area contributed by atoms with Crippen molar-refractivity contribution < 1.29 is 23.8 Å². The van der Waals surface area contributed by atoms with E-state index in [1.807, 2.05) is 0 Å². The molecule has 2 aromatic carbocycles. The summed E-state index contributed by atoms with van der Waals surface area (Å²) in [6.45, 7) is 0.317. The van der Waals surface area contributed by atoms with Crippen LogP contribution in [0.1, 0.15) is 23.2 Å². The van der Waals surface area contributed by atoms with Gasteiger partial charge in [0.25, 0.3) is 0 Å². The first-order chi connectivity index (χ1) is 12.0. The Bertz CT molecular complexity index is 744. The predicted molar refractivity (Wildman–Crippen MR) is 94.6 cm³/mol. The van der Waals surface area contributed by atoms with Crippen LogP contribution in [0.5, 0.6) is 11.5 Å². The van der Waals surface area contributed by atoms with Gasteiger partial charge in [-0.2, -0.15) is 0 Å². The molecule has 0 saturated heterocycles. The number of methoxy groups -OCH3 is 1. The van der Waals surface area contributed by atoms with Gasteiger partial charge >= 0.3 is 11.9 Å². The van der Waals surface area contributed by atoms with E-state index in [1.54, 1.807) is 18.2 Å². The summed E-state index contributed by atoms with van der Waals surface area (Å²) >= 11 is 11.8. The van der Waals surface area contributed by atoms with Gasteiger partial charge in [-0.15, -0.1) is 0 Å². The van der Waals surface area contributed by atoms with Crippen LogP contribution in [0.25, 0.3) is 0 Å². The lowest BCUT2D eigenvalue weighted by molar-refractivity contribution is -0.134. The van der Waals surface area contributed by atoms with Crippen LogP contribution < -0.4 is 9.47 Å². The summed E-state index contributed by atoms with van der Waals surface area (Å²) in [5, 5.41) is 0.944. The minimum absolute atomic E-state index is 0.184. The summed E-state index contributed by atoms with van der Waals surface area (Å²) < 4.78 is 15.3. The zero-order chi connectivity index (χ0) is 18.2. The molecule has 7 heteroatoms. The van der Waals surface area contributed by atoms with E-state index in [2.05, 4.69) is 4.74 Å². The molecule has 0 amide bonds. The van der Waals surface area contributed by atoms with Crippen molar-refractivity contribution in [1.82, 2.24) is 0 Å². The van der Waals surface area contributed by atoms with Crippen LogP contribution >= 0.6 is 23.2 Å². The Morgan fingerprint density at radius 3 is 2.40 bits per heavy atom. The van der Waals surface area contributed by atoms with E-state index in [0.29, 0.717) is 40.1 Å². The molecule has 0 aliphatic rings. The van der Waals surface area contributed by atoms with Crippen molar-refractivity contribution in [2.45, 2.75) is 12.8 Å². The topological polar surface area (TPSA) is 61.8 Å². The number of rotatable bonds is 7. The van der Waals surface area contributed by atoms with Crippen LogP contribution in [0.2, 0.25) is 10.0 Å². The van der Waals surface area contributed by atoms with E-state index >= 15 is 0 Å². The van der Waals surface area contributed by atoms with Gasteiger partial charge in [-0.25, -0.2) is 4.79 Å². The van der Waals surface area contributed by atoms with Gasteiger partial charge in [-0.1, -0.05) is 23.2 Å². The minimum atomic E-state index is -0.448. The zero-order valence-corrected chi connectivity index (χ0v) is 15.0. The number of halogens is 2.